The Bertz CT molecular complexity index is 956. The molecule has 6 nitrogen and oxygen atoms in total. The van der Waals surface area contributed by atoms with Gasteiger partial charge in [0.25, 0.3) is 5.91 Å². The summed E-state index contributed by atoms with van der Waals surface area (Å²) in [7, 11) is 0. The van der Waals surface area contributed by atoms with Gasteiger partial charge in [-0.1, -0.05) is 35.5 Å². The fraction of sp³-hybridized carbons (Fsp3) is 0.250. The molecule has 0 bridgehead atoms. The van der Waals surface area contributed by atoms with Gasteiger partial charge in [0.05, 0.1) is 18.8 Å². The second-order valence-electron chi connectivity index (χ2n) is 6.30. The van der Waals surface area contributed by atoms with Crippen LogP contribution < -0.4 is 5.32 Å². The van der Waals surface area contributed by atoms with Crippen LogP contribution in [0, 0.1) is 6.92 Å². The van der Waals surface area contributed by atoms with E-state index in [4.69, 9.17) is 9.26 Å². The zero-order valence-corrected chi connectivity index (χ0v) is 15.7. The quantitative estimate of drug-likeness (QED) is 0.727. The van der Waals surface area contributed by atoms with E-state index < -0.39 is 0 Å². The van der Waals surface area contributed by atoms with Crippen molar-refractivity contribution in [3.05, 3.63) is 57.7 Å². The van der Waals surface area contributed by atoms with Gasteiger partial charge in [-0.15, -0.1) is 11.3 Å². The maximum Gasteiger partial charge on any atom is 0.263 e. The number of hydrogen-bond donors (Lipinski definition) is 1. The Morgan fingerprint density at radius 2 is 2.15 bits per heavy atom. The van der Waals surface area contributed by atoms with Crippen molar-refractivity contribution in [2.75, 3.05) is 13.2 Å². The molecule has 2 aromatic heterocycles. The summed E-state index contributed by atoms with van der Waals surface area (Å²) in [6, 6.07) is 9.97. The molecule has 0 aliphatic carbocycles. The fourth-order valence-electron chi connectivity index (χ4n) is 2.91. The summed E-state index contributed by atoms with van der Waals surface area (Å²) in [5, 5.41) is 7.90. The van der Waals surface area contributed by atoms with Crippen molar-refractivity contribution in [1.29, 1.82) is 0 Å². The zero-order chi connectivity index (χ0) is 18.6. The third kappa shape index (κ3) is 3.99. The van der Waals surface area contributed by atoms with E-state index in [9.17, 15) is 4.79 Å². The lowest BCUT2D eigenvalue weighted by Crippen LogP contribution is -2.34. The molecule has 1 saturated heterocycles. The average Bonchev–Trinajstić information content (AvgIpc) is 3.42. The lowest BCUT2D eigenvalue weighted by Gasteiger charge is -2.08. The second-order valence-corrected chi connectivity index (χ2v) is 7.36. The number of aromatic nitrogens is 2. The Labute approximate surface area is 160 Å². The lowest BCUT2D eigenvalue weighted by molar-refractivity contribution is 0.0934. The number of amides is 1. The predicted molar refractivity (Wildman–Crippen MR) is 104 cm³/mol. The highest BCUT2D eigenvalue weighted by Crippen LogP contribution is 2.27. The highest BCUT2D eigenvalue weighted by Gasteiger charge is 2.19. The number of aryl methyl sites for hydroxylation is 1. The Morgan fingerprint density at radius 1 is 1.30 bits per heavy atom. The number of carbonyl (C=O) groups is 1. The summed E-state index contributed by atoms with van der Waals surface area (Å²) in [6.45, 7) is 3.15. The molecule has 4 rings (SSSR count). The summed E-state index contributed by atoms with van der Waals surface area (Å²) in [5.74, 6) is 0.634. The fourth-order valence-corrected chi connectivity index (χ4v) is 3.63. The van der Waals surface area contributed by atoms with E-state index in [0.29, 0.717) is 18.1 Å². The van der Waals surface area contributed by atoms with E-state index in [1.807, 2.05) is 49.4 Å². The maximum absolute atomic E-state index is 12.3. The summed E-state index contributed by atoms with van der Waals surface area (Å²) in [4.78, 5) is 17.2. The number of thiazole rings is 1. The molecule has 1 aliphatic rings. The molecular formula is C20H19N3O3S. The number of carbonyl (C=O) groups excluding carboxylic acids is 1. The molecule has 3 aromatic rings. The molecule has 3 heterocycles. The lowest BCUT2D eigenvalue weighted by atomic mass is 10.1. The van der Waals surface area contributed by atoms with E-state index >= 15 is 0 Å². The molecule has 1 unspecified atom stereocenters. The van der Waals surface area contributed by atoms with Crippen LogP contribution in [0.5, 0.6) is 0 Å². The van der Waals surface area contributed by atoms with Gasteiger partial charge in [0.15, 0.2) is 0 Å². The number of nitrogens with one attached hydrogen (secondary N) is 1. The molecule has 27 heavy (non-hydrogen) atoms. The van der Waals surface area contributed by atoms with Crippen molar-refractivity contribution in [3.63, 3.8) is 0 Å². The van der Waals surface area contributed by atoms with Crippen LogP contribution in [0.25, 0.3) is 23.4 Å². The topological polar surface area (TPSA) is 77.2 Å². The number of hydrogen-bond acceptors (Lipinski definition) is 6. The minimum Gasteiger partial charge on any atom is -0.379 e. The number of nitrogens with zero attached hydrogens (tertiary/aromatic N) is 2. The van der Waals surface area contributed by atoms with Crippen molar-refractivity contribution >= 4 is 29.4 Å². The average molecular weight is 381 g/mol. The van der Waals surface area contributed by atoms with Crippen LogP contribution in [0.2, 0.25) is 0 Å². The molecule has 1 fully saturated rings. The number of rotatable bonds is 5. The van der Waals surface area contributed by atoms with Crippen molar-refractivity contribution < 1.29 is 14.1 Å². The Morgan fingerprint density at radius 3 is 2.93 bits per heavy atom. The van der Waals surface area contributed by atoms with Gasteiger partial charge < -0.3 is 14.6 Å². The van der Waals surface area contributed by atoms with E-state index in [2.05, 4.69) is 15.5 Å². The van der Waals surface area contributed by atoms with Crippen LogP contribution in [0.4, 0.5) is 0 Å². The predicted octanol–water partition coefficient (Wildman–Crippen LogP) is 3.80. The maximum atomic E-state index is 12.3. The summed E-state index contributed by atoms with van der Waals surface area (Å²) in [6.07, 6.45) is 6.27. The first-order valence-electron chi connectivity index (χ1n) is 8.75. The van der Waals surface area contributed by atoms with E-state index in [1.54, 1.807) is 6.20 Å². The normalized spacial score (nSPS) is 16.9. The van der Waals surface area contributed by atoms with Crippen LogP contribution in [0.15, 0.2) is 41.1 Å². The highest BCUT2D eigenvalue weighted by atomic mass is 32.1. The van der Waals surface area contributed by atoms with Crippen LogP contribution >= 0.6 is 11.3 Å². The Balaban J connectivity index is 1.50. The van der Waals surface area contributed by atoms with Gasteiger partial charge >= 0.3 is 0 Å². The zero-order valence-electron chi connectivity index (χ0n) is 14.8. The number of benzene rings is 1. The van der Waals surface area contributed by atoms with Gasteiger partial charge in [-0.05, 0) is 25.5 Å². The highest BCUT2D eigenvalue weighted by molar-refractivity contribution is 7.14. The first-order valence-corrected chi connectivity index (χ1v) is 9.56. The molecule has 138 valence electrons. The largest absolute Gasteiger partial charge is 0.379 e. The smallest absolute Gasteiger partial charge is 0.263 e. The van der Waals surface area contributed by atoms with E-state index in [1.165, 1.54) is 11.3 Å². The molecule has 0 spiro atoms. The monoisotopic (exact) mass is 381 g/mol. The minimum absolute atomic E-state index is 0.0895. The van der Waals surface area contributed by atoms with Gasteiger partial charge in [-0.2, -0.15) is 0 Å². The molecular weight excluding hydrogens is 362 g/mol. The van der Waals surface area contributed by atoms with Gasteiger partial charge in [0, 0.05) is 17.7 Å². The molecule has 1 atom stereocenters. The van der Waals surface area contributed by atoms with E-state index in [0.717, 1.165) is 34.0 Å². The molecule has 1 aliphatic heterocycles. The van der Waals surface area contributed by atoms with Gasteiger partial charge in [0.2, 0.25) is 0 Å². The molecule has 1 N–H and O–H groups in total. The third-order valence-corrected chi connectivity index (χ3v) is 5.32. The Hall–Kier alpha value is -2.77. The van der Waals surface area contributed by atoms with Crippen molar-refractivity contribution in [3.8, 4) is 11.3 Å². The van der Waals surface area contributed by atoms with Crippen molar-refractivity contribution in [2.24, 2.45) is 0 Å². The SMILES string of the molecule is Cc1onc(-c2ccccc2)c1C=Cc1ncc(C(=O)NC2CCOC2)s1. The molecule has 0 radical (unpaired) electrons. The van der Waals surface area contributed by atoms with Gasteiger partial charge in [-0.3, -0.25) is 4.79 Å². The van der Waals surface area contributed by atoms with Crippen molar-refractivity contribution in [2.45, 2.75) is 19.4 Å². The minimum atomic E-state index is -0.103. The van der Waals surface area contributed by atoms with Gasteiger partial charge in [-0.25, -0.2) is 4.98 Å². The van der Waals surface area contributed by atoms with Crippen LogP contribution in [-0.4, -0.2) is 35.3 Å². The van der Waals surface area contributed by atoms with Crippen LogP contribution in [0.3, 0.4) is 0 Å². The molecule has 7 heteroatoms. The first-order chi connectivity index (χ1) is 13.2. The van der Waals surface area contributed by atoms with Crippen LogP contribution in [-0.2, 0) is 4.74 Å². The standard InChI is InChI=1S/C20H19N3O3S/c1-13-16(19(23-26-13)14-5-3-2-4-6-14)7-8-18-21-11-17(27-18)20(24)22-15-9-10-25-12-15/h2-8,11,15H,9-10,12H2,1H3,(H,22,24). The van der Waals surface area contributed by atoms with Gasteiger partial charge in [0.1, 0.15) is 21.3 Å². The molecule has 1 aromatic carbocycles. The summed E-state index contributed by atoms with van der Waals surface area (Å²) >= 11 is 1.35. The van der Waals surface area contributed by atoms with Crippen LogP contribution in [0.1, 0.15) is 32.4 Å². The summed E-state index contributed by atoms with van der Waals surface area (Å²) in [5.41, 5.74) is 2.69. The Kier molecular flexibility index (Phi) is 5.13. The second kappa shape index (κ2) is 7.85. The molecule has 1 amide bonds. The molecule has 0 saturated carbocycles. The third-order valence-electron chi connectivity index (χ3n) is 4.36. The summed E-state index contributed by atoms with van der Waals surface area (Å²) < 4.78 is 10.6. The van der Waals surface area contributed by atoms with E-state index in [-0.39, 0.29) is 11.9 Å². The first kappa shape index (κ1) is 17.6. The number of ether oxygens (including phenoxy) is 1. The van der Waals surface area contributed by atoms with Crippen molar-refractivity contribution in [1.82, 2.24) is 15.5 Å².